The van der Waals surface area contributed by atoms with Gasteiger partial charge >= 0.3 is 0 Å². The largest absolute Gasteiger partial charge is 0.317 e. The summed E-state index contributed by atoms with van der Waals surface area (Å²) in [5, 5.41) is 3.14. The summed E-state index contributed by atoms with van der Waals surface area (Å²) in [6, 6.07) is 4.52. The van der Waals surface area contributed by atoms with Crippen LogP contribution in [0.15, 0.2) is 23.1 Å². The van der Waals surface area contributed by atoms with Gasteiger partial charge in [-0.25, -0.2) is 12.8 Å². The molecule has 1 N–H and O–H groups in total. The molecule has 0 amide bonds. The van der Waals surface area contributed by atoms with Gasteiger partial charge in [-0.3, -0.25) is 0 Å². The van der Waals surface area contributed by atoms with Gasteiger partial charge in [0.25, 0.3) is 0 Å². The Balaban J connectivity index is 2.26. The van der Waals surface area contributed by atoms with Crippen LogP contribution in [0.5, 0.6) is 0 Å². The van der Waals surface area contributed by atoms with Crippen molar-refractivity contribution in [1.29, 1.82) is 0 Å². The average Bonchev–Trinajstić information content (AvgIpc) is 2.41. The quantitative estimate of drug-likeness (QED) is 0.916. The van der Waals surface area contributed by atoms with Crippen LogP contribution in [-0.4, -0.2) is 38.9 Å². The van der Waals surface area contributed by atoms with E-state index in [2.05, 4.69) is 5.32 Å². The summed E-state index contributed by atoms with van der Waals surface area (Å²) < 4.78 is 40.0. The van der Waals surface area contributed by atoms with E-state index in [4.69, 9.17) is 0 Å². The molecule has 19 heavy (non-hydrogen) atoms. The molecule has 1 fully saturated rings. The standard InChI is InChI=1S/C13H19FN2O2S/c1-10-3-4-12(14)13(9-10)19(17,18)16-7-5-11(15-2)6-8-16/h3-4,9,11,15H,5-8H2,1-2H3. The zero-order valence-electron chi connectivity index (χ0n) is 11.2. The van der Waals surface area contributed by atoms with E-state index >= 15 is 0 Å². The number of sulfonamides is 1. The van der Waals surface area contributed by atoms with Crippen LogP contribution in [0.3, 0.4) is 0 Å². The molecule has 6 heteroatoms. The van der Waals surface area contributed by atoms with Gasteiger partial charge in [0.05, 0.1) is 0 Å². The minimum atomic E-state index is -3.72. The molecule has 0 saturated carbocycles. The summed E-state index contributed by atoms with van der Waals surface area (Å²) in [6.07, 6.45) is 1.51. The van der Waals surface area contributed by atoms with Gasteiger partial charge in [0.1, 0.15) is 10.7 Å². The fourth-order valence-electron chi connectivity index (χ4n) is 2.33. The lowest BCUT2D eigenvalue weighted by atomic mass is 10.1. The zero-order valence-corrected chi connectivity index (χ0v) is 12.0. The first kappa shape index (κ1) is 14.4. The molecule has 4 nitrogen and oxygen atoms in total. The van der Waals surface area contributed by atoms with Crippen LogP contribution < -0.4 is 5.32 Å². The Bertz CT molecular complexity index is 552. The van der Waals surface area contributed by atoms with Gasteiger partial charge in [-0.2, -0.15) is 4.31 Å². The highest BCUT2D eigenvalue weighted by Crippen LogP contribution is 2.23. The highest BCUT2D eigenvalue weighted by atomic mass is 32.2. The van der Waals surface area contributed by atoms with Crippen molar-refractivity contribution < 1.29 is 12.8 Å². The maximum absolute atomic E-state index is 13.7. The van der Waals surface area contributed by atoms with Gasteiger partial charge in [-0.15, -0.1) is 0 Å². The monoisotopic (exact) mass is 286 g/mol. The SMILES string of the molecule is CNC1CCN(S(=O)(=O)c2cc(C)ccc2F)CC1. The van der Waals surface area contributed by atoms with Gasteiger partial charge in [-0.05, 0) is 44.5 Å². The fourth-order valence-corrected chi connectivity index (χ4v) is 3.95. The number of benzene rings is 1. The van der Waals surface area contributed by atoms with Crippen molar-refractivity contribution in [3.05, 3.63) is 29.6 Å². The lowest BCUT2D eigenvalue weighted by Gasteiger charge is -2.31. The maximum Gasteiger partial charge on any atom is 0.245 e. The summed E-state index contributed by atoms with van der Waals surface area (Å²) in [5.74, 6) is -0.679. The third kappa shape index (κ3) is 2.96. The molecule has 1 aromatic rings. The van der Waals surface area contributed by atoms with E-state index in [1.54, 1.807) is 13.0 Å². The third-order valence-corrected chi connectivity index (χ3v) is 5.48. The van der Waals surface area contributed by atoms with Gasteiger partial charge in [0.2, 0.25) is 10.0 Å². The molecule has 0 bridgehead atoms. The Morgan fingerprint density at radius 3 is 2.53 bits per heavy atom. The molecule has 0 atom stereocenters. The van der Waals surface area contributed by atoms with Crippen molar-refractivity contribution in [3.63, 3.8) is 0 Å². The molecule has 0 radical (unpaired) electrons. The van der Waals surface area contributed by atoms with E-state index in [0.717, 1.165) is 18.4 Å². The predicted octanol–water partition coefficient (Wildman–Crippen LogP) is 1.51. The van der Waals surface area contributed by atoms with Crippen molar-refractivity contribution in [1.82, 2.24) is 9.62 Å². The number of rotatable bonds is 3. The number of halogens is 1. The van der Waals surface area contributed by atoms with Gasteiger partial charge in [-0.1, -0.05) is 6.07 Å². The number of aryl methyl sites for hydroxylation is 1. The Kier molecular flexibility index (Phi) is 4.23. The minimum absolute atomic E-state index is 0.213. The summed E-state index contributed by atoms with van der Waals surface area (Å²) >= 11 is 0. The first-order chi connectivity index (χ1) is 8.95. The lowest BCUT2D eigenvalue weighted by Crippen LogP contribution is -2.44. The third-order valence-electron chi connectivity index (χ3n) is 3.57. The molecule has 1 aliphatic heterocycles. The summed E-state index contributed by atoms with van der Waals surface area (Å²) in [7, 11) is -1.85. The number of hydrogen-bond donors (Lipinski definition) is 1. The Labute approximate surface area is 113 Å². The van der Waals surface area contributed by atoms with E-state index < -0.39 is 15.8 Å². The van der Waals surface area contributed by atoms with Gasteiger partial charge in [0, 0.05) is 19.1 Å². The number of hydrogen-bond acceptors (Lipinski definition) is 3. The van der Waals surface area contributed by atoms with Crippen molar-refractivity contribution >= 4 is 10.0 Å². The summed E-state index contributed by atoms with van der Waals surface area (Å²) in [6.45, 7) is 2.62. The molecular formula is C13H19FN2O2S. The van der Waals surface area contributed by atoms with Crippen LogP contribution in [0.1, 0.15) is 18.4 Å². The normalized spacial score (nSPS) is 18.7. The van der Waals surface area contributed by atoms with Crippen molar-refractivity contribution in [3.8, 4) is 0 Å². The number of piperidine rings is 1. The topological polar surface area (TPSA) is 49.4 Å². The molecule has 0 aliphatic carbocycles. The molecule has 0 spiro atoms. The second-order valence-corrected chi connectivity index (χ2v) is 6.81. The highest BCUT2D eigenvalue weighted by molar-refractivity contribution is 7.89. The molecule has 0 aromatic heterocycles. The highest BCUT2D eigenvalue weighted by Gasteiger charge is 2.30. The van der Waals surface area contributed by atoms with E-state index in [1.807, 2.05) is 7.05 Å². The molecule has 1 aromatic carbocycles. The summed E-state index contributed by atoms with van der Waals surface area (Å²) in [5.41, 5.74) is 0.741. The van der Waals surface area contributed by atoms with E-state index in [0.29, 0.717) is 19.1 Å². The van der Waals surface area contributed by atoms with Crippen molar-refractivity contribution in [2.24, 2.45) is 0 Å². The van der Waals surface area contributed by atoms with Crippen LogP contribution in [0.2, 0.25) is 0 Å². The van der Waals surface area contributed by atoms with Crippen molar-refractivity contribution in [2.75, 3.05) is 20.1 Å². The predicted molar refractivity (Wildman–Crippen MR) is 72.0 cm³/mol. The van der Waals surface area contributed by atoms with E-state index in [9.17, 15) is 12.8 Å². The lowest BCUT2D eigenvalue weighted by molar-refractivity contribution is 0.297. The summed E-state index contributed by atoms with van der Waals surface area (Å²) in [4.78, 5) is -0.213. The van der Waals surface area contributed by atoms with Crippen LogP contribution in [0, 0.1) is 12.7 Å². The maximum atomic E-state index is 13.7. The van der Waals surface area contributed by atoms with Gasteiger partial charge < -0.3 is 5.32 Å². The van der Waals surface area contributed by atoms with E-state index in [1.165, 1.54) is 16.4 Å². The fraction of sp³-hybridized carbons (Fsp3) is 0.538. The Morgan fingerprint density at radius 2 is 1.95 bits per heavy atom. The molecule has 1 saturated heterocycles. The molecule has 1 aliphatic rings. The molecule has 1 heterocycles. The van der Waals surface area contributed by atoms with Crippen LogP contribution in [0.25, 0.3) is 0 Å². The molecular weight excluding hydrogens is 267 g/mol. The van der Waals surface area contributed by atoms with Crippen molar-refractivity contribution in [2.45, 2.75) is 30.7 Å². The minimum Gasteiger partial charge on any atom is -0.317 e. The Hall–Kier alpha value is -0.980. The zero-order chi connectivity index (χ0) is 14.0. The van der Waals surface area contributed by atoms with Crippen LogP contribution >= 0.6 is 0 Å². The van der Waals surface area contributed by atoms with Crippen LogP contribution in [0.4, 0.5) is 4.39 Å². The molecule has 0 unspecified atom stereocenters. The first-order valence-electron chi connectivity index (χ1n) is 6.38. The van der Waals surface area contributed by atoms with E-state index in [-0.39, 0.29) is 4.90 Å². The Morgan fingerprint density at radius 1 is 1.32 bits per heavy atom. The molecule has 2 rings (SSSR count). The average molecular weight is 286 g/mol. The number of nitrogens with one attached hydrogen (secondary N) is 1. The smallest absolute Gasteiger partial charge is 0.245 e. The van der Waals surface area contributed by atoms with Gasteiger partial charge in [0.15, 0.2) is 0 Å². The molecule has 106 valence electrons. The second-order valence-electron chi connectivity index (χ2n) is 4.90. The number of nitrogens with zero attached hydrogens (tertiary/aromatic N) is 1. The van der Waals surface area contributed by atoms with Crippen LogP contribution in [-0.2, 0) is 10.0 Å². The first-order valence-corrected chi connectivity index (χ1v) is 7.82. The second kappa shape index (κ2) is 5.56.